The van der Waals surface area contributed by atoms with Crippen LogP contribution in [0.4, 0.5) is 0 Å². The van der Waals surface area contributed by atoms with E-state index in [0.29, 0.717) is 24.0 Å². The van der Waals surface area contributed by atoms with Crippen LogP contribution in [-0.2, 0) is 0 Å². The largest absolute Gasteiger partial charge is 0.382 e. The third kappa shape index (κ3) is 6.61. The maximum absolute atomic E-state index is 13.6. The number of carbonyl (C=O) groups excluding carboxylic acids is 2. The number of hydrogen-bond acceptors (Lipinski definition) is 4. The number of aliphatic hydroxyl groups is 2. The van der Waals surface area contributed by atoms with Crippen LogP contribution in [0, 0.1) is 11.8 Å². The first-order valence-corrected chi connectivity index (χ1v) is 15.0. The molecule has 4 nitrogen and oxygen atoms in total. The highest BCUT2D eigenvalue weighted by atomic mass is 16.3. The van der Waals surface area contributed by atoms with Crippen molar-refractivity contribution in [3.8, 4) is 22.3 Å². The first-order valence-electron chi connectivity index (χ1n) is 15.0. The molecule has 0 saturated heterocycles. The Morgan fingerprint density at radius 2 is 0.857 bits per heavy atom. The van der Waals surface area contributed by atoms with Crippen LogP contribution in [0.3, 0.4) is 0 Å². The molecular weight excluding hydrogens is 520 g/mol. The summed E-state index contributed by atoms with van der Waals surface area (Å²) in [5.74, 6) is -0.114. The maximum atomic E-state index is 13.6. The molecule has 0 radical (unpaired) electrons. The fourth-order valence-corrected chi connectivity index (χ4v) is 6.63. The van der Waals surface area contributed by atoms with Gasteiger partial charge in [0, 0.05) is 11.1 Å². The molecule has 2 N–H and O–H groups in total. The lowest BCUT2D eigenvalue weighted by Crippen LogP contribution is -2.40. The third-order valence-electron chi connectivity index (χ3n) is 8.83. The zero-order valence-electron chi connectivity index (χ0n) is 24.5. The summed E-state index contributed by atoms with van der Waals surface area (Å²) in [6.07, 6.45) is 4.17. The molecule has 2 atom stereocenters. The lowest BCUT2D eigenvalue weighted by atomic mass is 9.72. The molecule has 1 saturated carbocycles. The Morgan fingerprint density at radius 1 is 0.548 bits per heavy atom. The molecule has 4 aromatic carbocycles. The van der Waals surface area contributed by atoms with Gasteiger partial charge in [-0.25, -0.2) is 0 Å². The van der Waals surface area contributed by atoms with Gasteiger partial charge in [0.25, 0.3) is 0 Å². The van der Waals surface area contributed by atoms with E-state index in [0.717, 1.165) is 47.9 Å². The number of hydrogen-bond donors (Lipinski definition) is 2. The quantitative estimate of drug-likeness (QED) is 0.192. The van der Waals surface area contributed by atoms with E-state index in [-0.39, 0.29) is 23.4 Å². The van der Waals surface area contributed by atoms with Crippen molar-refractivity contribution in [1.82, 2.24) is 0 Å². The second-order valence-corrected chi connectivity index (χ2v) is 12.3. The van der Waals surface area contributed by atoms with E-state index >= 15 is 0 Å². The van der Waals surface area contributed by atoms with Gasteiger partial charge in [-0.05, 0) is 60.8 Å². The number of carbonyl (C=O) groups is 2. The van der Waals surface area contributed by atoms with Crippen LogP contribution in [0.1, 0.15) is 73.1 Å². The van der Waals surface area contributed by atoms with Gasteiger partial charge >= 0.3 is 0 Å². The van der Waals surface area contributed by atoms with Gasteiger partial charge in [0.2, 0.25) is 0 Å². The third-order valence-corrected chi connectivity index (χ3v) is 8.83. The summed E-state index contributed by atoms with van der Waals surface area (Å²) in [4.78, 5) is 27.2. The van der Waals surface area contributed by atoms with Crippen LogP contribution in [0.2, 0.25) is 0 Å². The molecular formula is C38H40O4. The van der Waals surface area contributed by atoms with Crippen molar-refractivity contribution in [2.45, 2.75) is 63.6 Å². The monoisotopic (exact) mass is 560 g/mol. The fraction of sp³-hybridized carbons (Fsp3) is 0.316. The molecule has 1 aliphatic carbocycles. The fourth-order valence-electron chi connectivity index (χ4n) is 6.63. The molecule has 0 aliphatic heterocycles. The lowest BCUT2D eigenvalue weighted by molar-refractivity contribution is 0.0139. The Kier molecular flexibility index (Phi) is 8.86. The van der Waals surface area contributed by atoms with Gasteiger partial charge in [-0.2, -0.15) is 0 Å². The number of Topliss-reactive ketones (excluding diaryl/α,β-unsaturated/α-hetero) is 2. The summed E-state index contributed by atoms with van der Waals surface area (Å²) >= 11 is 0. The molecule has 0 spiro atoms. The summed E-state index contributed by atoms with van der Waals surface area (Å²) in [5, 5.41) is 22.8. The summed E-state index contributed by atoms with van der Waals surface area (Å²) in [6.45, 7) is 3.27. The lowest BCUT2D eigenvalue weighted by Gasteiger charge is -2.35. The van der Waals surface area contributed by atoms with Crippen molar-refractivity contribution in [3.05, 3.63) is 120 Å². The van der Waals surface area contributed by atoms with Crippen molar-refractivity contribution in [1.29, 1.82) is 0 Å². The van der Waals surface area contributed by atoms with Crippen molar-refractivity contribution >= 4 is 11.6 Å². The Morgan fingerprint density at radius 3 is 1.21 bits per heavy atom. The van der Waals surface area contributed by atoms with Gasteiger partial charge in [-0.15, -0.1) is 0 Å². The van der Waals surface area contributed by atoms with E-state index in [1.807, 2.05) is 97.1 Å². The van der Waals surface area contributed by atoms with Crippen LogP contribution in [0.15, 0.2) is 109 Å². The van der Waals surface area contributed by atoms with Crippen molar-refractivity contribution in [2.24, 2.45) is 11.8 Å². The molecule has 1 aliphatic rings. The normalized spacial score (nSPS) is 19.8. The molecule has 2 unspecified atom stereocenters. The van der Waals surface area contributed by atoms with E-state index in [9.17, 15) is 19.8 Å². The van der Waals surface area contributed by atoms with Gasteiger partial charge in [0.15, 0.2) is 11.6 Å². The van der Waals surface area contributed by atoms with Gasteiger partial charge in [0.1, 0.15) is 11.2 Å². The number of ketones is 2. The molecule has 0 amide bonds. The van der Waals surface area contributed by atoms with Crippen LogP contribution >= 0.6 is 0 Å². The average molecular weight is 561 g/mol. The Labute approximate surface area is 249 Å². The zero-order chi connectivity index (χ0) is 29.7. The second-order valence-electron chi connectivity index (χ2n) is 12.3. The van der Waals surface area contributed by atoms with E-state index in [2.05, 4.69) is 0 Å². The van der Waals surface area contributed by atoms with Crippen molar-refractivity contribution in [3.63, 3.8) is 0 Å². The standard InChI is InChI=1S/C38H40O4/c1-37(41,35(39)33-19-11-9-17-31(33)29-13-5-3-6-14-29)25-27-21-23-28(24-22-27)26-38(2,42)36(40)34-20-12-10-18-32(34)30-15-7-4-8-16-30/h3-20,27-28,41-42H,21-26H2,1-2H3. The molecule has 42 heavy (non-hydrogen) atoms. The summed E-state index contributed by atoms with van der Waals surface area (Å²) < 4.78 is 0. The van der Waals surface area contributed by atoms with E-state index in [4.69, 9.17) is 0 Å². The molecule has 4 heteroatoms. The summed E-state index contributed by atoms with van der Waals surface area (Å²) in [6, 6.07) is 34.5. The van der Waals surface area contributed by atoms with Crippen molar-refractivity contribution < 1.29 is 19.8 Å². The highest BCUT2D eigenvalue weighted by Crippen LogP contribution is 2.40. The van der Waals surface area contributed by atoms with E-state index in [1.54, 1.807) is 26.0 Å². The van der Waals surface area contributed by atoms with E-state index < -0.39 is 11.2 Å². The molecule has 0 heterocycles. The topological polar surface area (TPSA) is 74.6 Å². The van der Waals surface area contributed by atoms with Crippen LogP contribution in [0.5, 0.6) is 0 Å². The zero-order valence-corrected chi connectivity index (χ0v) is 24.5. The summed E-state index contributed by atoms with van der Waals surface area (Å²) in [5.41, 5.74) is 1.66. The minimum Gasteiger partial charge on any atom is -0.382 e. The van der Waals surface area contributed by atoms with Crippen molar-refractivity contribution in [2.75, 3.05) is 0 Å². The number of rotatable bonds is 10. The Balaban J connectivity index is 1.21. The smallest absolute Gasteiger partial charge is 0.194 e. The average Bonchev–Trinajstić information content (AvgIpc) is 3.02. The predicted octanol–water partition coefficient (Wildman–Crippen LogP) is 8.17. The Bertz CT molecular complexity index is 1400. The highest BCUT2D eigenvalue weighted by molar-refractivity contribution is 6.07. The van der Waals surface area contributed by atoms with Gasteiger partial charge in [-0.1, -0.05) is 135 Å². The van der Waals surface area contributed by atoms with Gasteiger partial charge in [0.05, 0.1) is 0 Å². The molecule has 0 bridgehead atoms. The first kappa shape index (κ1) is 29.6. The van der Waals surface area contributed by atoms with Gasteiger partial charge < -0.3 is 10.2 Å². The SMILES string of the molecule is CC(O)(CC1CCC(CC(C)(O)C(=O)c2ccccc2-c2ccccc2)CC1)C(=O)c1ccccc1-c1ccccc1. The maximum Gasteiger partial charge on any atom is 0.194 e. The summed E-state index contributed by atoms with van der Waals surface area (Å²) in [7, 11) is 0. The number of benzene rings is 4. The van der Waals surface area contributed by atoms with Crippen LogP contribution in [0.25, 0.3) is 22.3 Å². The van der Waals surface area contributed by atoms with Crippen LogP contribution in [-0.4, -0.2) is 33.0 Å². The molecule has 216 valence electrons. The minimum absolute atomic E-state index is 0.198. The Hall–Kier alpha value is -3.86. The molecule has 0 aromatic heterocycles. The highest BCUT2D eigenvalue weighted by Gasteiger charge is 2.39. The predicted molar refractivity (Wildman–Crippen MR) is 168 cm³/mol. The molecule has 1 fully saturated rings. The minimum atomic E-state index is -1.48. The van der Waals surface area contributed by atoms with Gasteiger partial charge in [-0.3, -0.25) is 9.59 Å². The first-order chi connectivity index (χ1) is 20.2. The second kappa shape index (κ2) is 12.6. The van der Waals surface area contributed by atoms with E-state index in [1.165, 1.54) is 0 Å². The van der Waals surface area contributed by atoms with Crippen LogP contribution < -0.4 is 0 Å². The molecule has 4 aromatic rings. The molecule has 5 rings (SSSR count).